The van der Waals surface area contributed by atoms with Gasteiger partial charge in [-0.15, -0.1) is 0 Å². The molecule has 4 amide bonds. The Labute approximate surface area is 249 Å². The number of urea groups is 1. The lowest BCUT2D eigenvalue weighted by Gasteiger charge is -2.27. The number of carboxylic acid groups (broad SMARTS) is 1. The van der Waals surface area contributed by atoms with E-state index in [1.54, 1.807) is 48.5 Å². The molecule has 0 fully saturated rings. The van der Waals surface area contributed by atoms with Crippen molar-refractivity contribution in [3.63, 3.8) is 0 Å². The third kappa shape index (κ3) is 9.02. The summed E-state index contributed by atoms with van der Waals surface area (Å²) in [5.74, 6) is -1.80. The molecule has 228 valence electrons. The Hall–Kier alpha value is -4.94. The Kier molecular flexibility index (Phi) is 11.2. The summed E-state index contributed by atoms with van der Waals surface area (Å²) < 4.78 is 5.41. The molecule has 0 radical (unpaired) electrons. The van der Waals surface area contributed by atoms with E-state index < -0.39 is 49.0 Å². The minimum atomic E-state index is -1.48. The lowest BCUT2D eigenvalue weighted by atomic mass is 9.90. The summed E-state index contributed by atoms with van der Waals surface area (Å²) in [5, 5.41) is 39.1. The van der Waals surface area contributed by atoms with Gasteiger partial charge in [-0.05, 0) is 60.9 Å². The number of aliphatic hydroxyl groups is 2. The number of anilines is 3. The normalized spacial score (nSPS) is 11.7. The van der Waals surface area contributed by atoms with Gasteiger partial charge in [0.05, 0.1) is 50.3 Å². The SMILES string of the molecule is COc1cc(CC(=O)Nc2ccc([C@@H](CC(=O)O)NC(=O)C(C)(CO)CO)cc2)ccc1NC(=O)Nc1ccccc1C. The maximum absolute atomic E-state index is 12.8. The van der Waals surface area contributed by atoms with Crippen molar-refractivity contribution in [2.24, 2.45) is 5.41 Å². The van der Waals surface area contributed by atoms with Gasteiger partial charge in [-0.25, -0.2) is 4.79 Å². The lowest BCUT2D eigenvalue weighted by Crippen LogP contribution is -2.45. The maximum Gasteiger partial charge on any atom is 0.323 e. The van der Waals surface area contributed by atoms with Crippen LogP contribution < -0.4 is 26.0 Å². The minimum Gasteiger partial charge on any atom is -0.495 e. The summed E-state index contributed by atoms with van der Waals surface area (Å²) in [6, 6.07) is 17.3. The van der Waals surface area contributed by atoms with Gasteiger partial charge in [0.2, 0.25) is 11.8 Å². The average Bonchev–Trinajstić information content (AvgIpc) is 2.98. The van der Waals surface area contributed by atoms with Crippen molar-refractivity contribution in [1.82, 2.24) is 5.32 Å². The number of aryl methyl sites for hydroxylation is 1. The highest BCUT2D eigenvalue weighted by Gasteiger charge is 2.34. The lowest BCUT2D eigenvalue weighted by molar-refractivity contribution is -0.139. The van der Waals surface area contributed by atoms with Gasteiger partial charge < -0.3 is 41.3 Å². The Morgan fingerprint density at radius 3 is 2.14 bits per heavy atom. The van der Waals surface area contributed by atoms with Gasteiger partial charge in [0.15, 0.2) is 0 Å². The zero-order valence-corrected chi connectivity index (χ0v) is 24.1. The fourth-order valence-electron chi connectivity index (χ4n) is 4.08. The first kappa shape index (κ1) is 32.6. The number of methoxy groups -OCH3 is 1. The van der Waals surface area contributed by atoms with Crippen LogP contribution in [0.1, 0.15) is 36.1 Å². The number of rotatable bonds is 13. The van der Waals surface area contributed by atoms with Crippen molar-refractivity contribution in [3.8, 4) is 5.75 Å². The van der Waals surface area contributed by atoms with Gasteiger partial charge in [0, 0.05) is 11.4 Å². The third-order valence-electron chi connectivity index (χ3n) is 6.80. The first-order valence-corrected chi connectivity index (χ1v) is 13.4. The predicted octanol–water partition coefficient (Wildman–Crippen LogP) is 3.45. The Morgan fingerprint density at radius 2 is 1.53 bits per heavy atom. The van der Waals surface area contributed by atoms with E-state index in [1.807, 2.05) is 25.1 Å². The molecule has 7 N–H and O–H groups in total. The van der Waals surface area contributed by atoms with E-state index >= 15 is 0 Å². The Bertz CT molecular complexity index is 1450. The van der Waals surface area contributed by atoms with E-state index in [1.165, 1.54) is 14.0 Å². The molecule has 3 aromatic rings. The molecule has 0 aliphatic carbocycles. The zero-order chi connectivity index (χ0) is 31.6. The van der Waals surface area contributed by atoms with E-state index in [0.717, 1.165) is 5.56 Å². The quantitative estimate of drug-likeness (QED) is 0.157. The number of benzene rings is 3. The molecule has 12 heteroatoms. The van der Waals surface area contributed by atoms with Crippen molar-refractivity contribution in [3.05, 3.63) is 83.4 Å². The van der Waals surface area contributed by atoms with E-state index in [2.05, 4.69) is 21.3 Å². The van der Waals surface area contributed by atoms with Crippen molar-refractivity contribution < 1.29 is 39.2 Å². The monoisotopic (exact) mass is 592 g/mol. The Morgan fingerprint density at radius 1 is 0.884 bits per heavy atom. The molecule has 1 atom stereocenters. The molecule has 3 aromatic carbocycles. The van der Waals surface area contributed by atoms with Crippen LogP contribution in [-0.4, -0.2) is 59.5 Å². The van der Waals surface area contributed by atoms with Crippen LogP contribution in [-0.2, 0) is 20.8 Å². The second-order valence-electron chi connectivity index (χ2n) is 10.3. The van der Waals surface area contributed by atoms with Crippen LogP contribution in [0.3, 0.4) is 0 Å². The maximum atomic E-state index is 12.8. The number of carbonyl (C=O) groups is 4. The molecular weight excluding hydrogens is 556 g/mol. The van der Waals surface area contributed by atoms with Crippen LogP contribution in [0.25, 0.3) is 0 Å². The first-order chi connectivity index (χ1) is 20.5. The van der Waals surface area contributed by atoms with Gasteiger partial charge in [0.1, 0.15) is 5.75 Å². The summed E-state index contributed by atoms with van der Waals surface area (Å²) in [6.45, 7) is 2.01. The fourth-order valence-corrected chi connectivity index (χ4v) is 4.08. The molecule has 0 aromatic heterocycles. The molecule has 0 unspecified atom stereocenters. The summed E-state index contributed by atoms with van der Waals surface area (Å²) >= 11 is 0. The average molecular weight is 593 g/mol. The summed E-state index contributed by atoms with van der Waals surface area (Å²) in [5.41, 5.74) is 2.08. The molecule has 3 rings (SSSR count). The summed E-state index contributed by atoms with van der Waals surface area (Å²) in [6.07, 6.45) is -0.420. The molecule has 0 bridgehead atoms. The van der Waals surface area contributed by atoms with Crippen molar-refractivity contribution in [1.29, 1.82) is 0 Å². The topological polar surface area (TPSA) is 186 Å². The van der Waals surface area contributed by atoms with Crippen LogP contribution in [0.5, 0.6) is 5.75 Å². The molecule has 43 heavy (non-hydrogen) atoms. The second kappa shape index (κ2) is 14.8. The van der Waals surface area contributed by atoms with Crippen LogP contribution in [0, 0.1) is 12.3 Å². The van der Waals surface area contributed by atoms with Gasteiger partial charge in [-0.2, -0.15) is 0 Å². The minimum absolute atomic E-state index is 0.00635. The first-order valence-electron chi connectivity index (χ1n) is 13.4. The van der Waals surface area contributed by atoms with Gasteiger partial charge in [-0.3, -0.25) is 14.4 Å². The fraction of sp³-hybridized carbons (Fsp3) is 0.290. The molecule has 12 nitrogen and oxygen atoms in total. The molecule has 0 spiro atoms. The van der Waals surface area contributed by atoms with E-state index in [9.17, 15) is 34.5 Å². The third-order valence-corrected chi connectivity index (χ3v) is 6.80. The van der Waals surface area contributed by atoms with Crippen molar-refractivity contribution >= 4 is 40.9 Å². The number of carboxylic acids is 1. The predicted molar refractivity (Wildman–Crippen MR) is 161 cm³/mol. The van der Waals surface area contributed by atoms with Crippen LogP contribution in [0.2, 0.25) is 0 Å². The number of amides is 4. The van der Waals surface area contributed by atoms with Gasteiger partial charge in [-0.1, -0.05) is 36.4 Å². The van der Waals surface area contributed by atoms with Crippen molar-refractivity contribution in [2.45, 2.75) is 32.7 Å². The van der Waals surface area contributed by atoms with Crippen LogP contribution >= 0.6 is 0 Å². The van der Waals surface area contributed by atoms with Crippen LogP contribution in [0.15, 0.2) is 66.7 Å². The number of aliphatic carboxylic acids is 1. The zero-order valence-electron chi connectivity index (χ0n) is 24.1. The van der Waals surface area contributed by atoms with Crippen LogP contribution in [0.4, 0.5) is 21.9 Å². The van der Waals surface area contributed by atoms with E-state index in [0.29, 0.717) is 33.9 Å². The molecule has 0 aliphatic heterocycles. The van der Waals surface area contributed by atoms with Gasteiger partial charge >= 0.3 is 12.0 Å². The molecule has 0 heterocycles. The molecule has 0 saturated heterocycles. The number of ether oxygens (including phenoxy) is 1. The number of nitrogens with one attached hydrogen (secondary N) is 4. The highest BCUT2D eigenvalue weighted by Crippen LogP contribution is 2.27. The molecular formula is C31H36N4O8. The summed E-state index contributed by atoms with van der Waals surface area (Å²) in [7, 11) is 1.46. The van der Waals surface area contributed by atoms with Crippen molar-refractivity contribution in [2.75, 3.05) is 36.3 Å². The molecule has 0 saturated carbocycles. The standard InChI is InChI=1S/C31H36N4O8/c1-19-6-4-5-7-23(19)34-30(42)35-24-13-8-20(14-26(24)43-3)15-27(38)32-22-11-9-21(10-12-22)25(16-28(39)40)33-29(41)31(2,17-36)18-37/h4-14,25,36-37H,15-18H2,1-3H3,(H,32,38)(H,33,41)(H,39,40)(H2,34,35,42)/t25-/m1/s1. The molecule has 0 aliphatic rings. The second-order valence-corrected chi connectivity index (χ2v) is 10.3. The largest absolute Gasteiger partial charge is 0.495 e. The number of aliphatic hydroxyl groups excluding tert-OH is 2. The number of carbonyl (C=O) groups excluding carboxylic acids is 3. The summed E-state index contributed by atoms with van der Waals surface area (Å²) in [4.78, 5) is 49.2. The highest BCUT2D eigenvalue weighted by atomic mass is 16.5. The Balaban J connectivity index is 1.63. The van der Waals surface area contributed by atoms with E-state index in [4.69, 9.17) is 4.74 Å². The van der Waals surface area contributed by atoms with Gasteiger partial charge in [0.25, 0.3) is 0 Å². The highest BCUT2D eigenvalue weighted by molar-refractivity contribution is 6.01. The smallest absolute Gasteiger partial charge is 0.323 e. The number of para-hydroxylation sites is 1. The van der Waals surface area contributed by atoms with E-state index in [-0.39, 0.29) is 12.3 Å². The number of hydrogen-bond acceptors (Lipinski definition) is 7. The number of hydrogen-bond donors (Lipinski definition) is 7.